The summed E-state index contributed by atoms with van der Waals surface area (Å²) in [6.45, 7) is 4.06. The molecule has 1 aliphatic rings. The van der Waals surface area contributed by atoms with E-state index in [0.717, 1.165) is 18.8 Å². The van der Waals surface area contributed by atoms with Crippen LogP contribution in [0.3, 0.4) is 0 Å². The standard InChI is InChI=1S/C12H18O/c1-3-4-5-12(13)11-8-6-10(2)7-9-11/h10-11H,5-9H2,1-2H3. The van der Waals surface area contributed by atoms with Crippen LogP contribution in [0.25, 0.3) is 0 Å². The number of ketones is 1. The fourth-order valence-electron chi connectivity index (χ4n) is 1.90. The third-order valence-corrected chi connectivity index (χ3v) is 2.91. The first-order valence-corrected chi connectivity index (χ1v) is 5.16. The van der Waals surface area contributed by atoms with E-state index in [2.05, 4.69) is 18.8 Å². The molecule has 1 fully saturated rings. The van der Waals surface area contributed by atoms with E-state index >= 15 is 0 Å². The molecule has 0 bridgehead atoms. The van der Waals surface area contributed by atoms with Crippen molar-refractivity contribution < 1.29 is 4.79 Å². The van der Waals surface area contributed by atoms with Gasteiger partial charge in [0.2, 0.25) is 0 Å². The smallest absolute Gasteiger partial charge is 0.147 e. The Balaban J connectivity index is 2.34. The van der Waals surface area contributed by atoms with Crippen molar-refractivity contribution in [3.05, 3.63) is 0 Å². The molecule has 1 saturated carbocycles. The molecule has 0 saturated heterocycles. The van der Waals surface area contributed by atoms with Gasteiger partial charge in [0.15, 0.2) is 0 Å². The number of carbonyl (C=O) groups is 1. The third kappa shape index (κ3) is 3.22. The average Bonchev–Trinajstić information content (AvgIpc) is 2.15. The largest absolute Gasteiger partial charge is 0.298 e. The average molecular weight is 178 g/mol. The summed E-state index contributed by atoms with van der Waals surface area (Å²) in [6, 6.07) is 0. The second-order valence-corrected chi connectivity index (χ2v) is 4.03. The Morgan fingerprint density at radius 1 is 1.31 bits per heavy atom. The zero-order valence-corrected chi connectivity index (χ0v) is 8.60. The van der Waals surface area contributed by atoms with Crippen LogP contribution in [-0.4, -0.2) is 5.78 Å². The first-order valence-electron chi connectivity index (χ1n) is 5.16. The molecule has 1 rings (SSSR count). The normalized spacial score (nSPS) is 27.5. The maximum Gasteiger partial charge on any atom is 0.147 e. The molecular weight excluding hydrogens is 160 g/mol. The van der Waals surface area contributed by atoms with Gasteiger partial charge in [0.05, 0.1) is 6.42 Å². The van der Waals surface area contributed by atoms with E-state index in [-0.39, 0.29) is 0 Å². The minimum absolute atomic E-state index is 0.317. The molecule has 0 atom stereocenters. The fourth-order valence-corrected chi connectivity index (χ4v) is 1.90. The molecule has 72 valence electrons. The van der Waals surface area contributed by atoms with Crippen LogP contribution >= 0.6 is 0 Å². The van der Waals surface area contributed by atoms with Gasteiger partial charge in [-0.05, 0) is 25.7 Å². The van der Waals surface area contributed by atoms with Gasteiger partial charge in [-0.15, -0.1) is 5.92 Å². The van der Waals surface area contributed by atoms with Gasteiger partial charge in [-0.1, -0.05) is 25.7 Å². The molecule has 0 N–H and O–H groups in total. The minimum atomic E-state index is 0.317. The van der Waals surface area contributed by atoms with Gasteiger partial charge in [-0.25, -0.2) is 0 Å². The van der Waals surface area contributed by atoms with Crippen LogP contribution in [0.2, 0.25) is 0 Å². The molecule has 0 unspecified atom stereocenters. The summed E-state index contributed by atoms with van der Waals surface area (Å²) >= 11 is 0. The number of hydrogen-bond donors (Lipinski definition) is 0. The van der Waals surface area contributed by atoms with Gasteiger partial charge in [0.25, 0.3) is 0 Å². The fraction of sp³-hybridized carbons (Fsp3) is 0.750. The molecule has 13 heavy (non-hydrogen) atoms. The summed E-state index contributed by atoms with van der Waals surface area (Å²) in [4.78, 5) is 11.6. The Kier molecular flexibility index (Phi) is 4.02. The van der Waals surface area contributed by atoms with Gasteiger partial charge in [0, 0.05) is 5.92 Å². The predicted octanol–water partition coefficient (Wildman–Crippen LogP) is 2.80. The molecule has 0 aromatic heterocycles. The Morgan fingerprint density at radius 3 is 2.46 bits per heavy atom. The van der Waals surface area contributed by atoms with Crippen molar-refractivity contribution in [2.24, 2.45) is 11.8 Å². The van der Waals surface area contributed by atoms with Crippen molar-refractivity contribution in [1.82, 2.24) is 0 Å². The zero-order chi connectivity index (χ0) is 9.68. The summed E-state index contributed by atoms with van der Waals surface area (Å²) in [7, 11) is 0. The first-order chi connectivity index (χ1) is 6.24. The van der Waals surface area contributed by atoms with Crippen LogP contribution in [-0.2, 0) is 4.79 Å². The van der Waals surface area contributed by atoms with Crippen molar-refractivity contribution in [1.29, 1.82) is 0 Å². The zero-order valence-electron chi connectivity index (χ0n) is 8.60. The highest BCUT2D eigenvalue weighted by Crippen LogP contribution is 2.29. The molecule has 0 aromatic carbocycles. The monoisotopic (exact) mass is 178 g/mol. The maximum absolute atomic E-state index is 11.6. The van der Waals surface area contributed by atoms with E-state index < -0.39 is 0 Å². The molecular formula is C12H18O. The van der Waals surface area contributed by atoms with E-state index in [1.807, 2.05) is 0 Å². The number of rotatable bonds is 2. The second-order valence-electron chi connectivity index (χ2n) is 4.03. The van der Waals surface area contributed by atoms with Crippen LogP contribution in [0.5, 0.6) is 0 Å². The molecule has 1 heteroatoms. The Bertz CT molecular complexity index is 223. The molecule has 1 aliphatic carbocycles. The molecule has 0 radical (unpaired) electrons. The molecule has 0 heterocycles. The quantitative estimate of drug-likeness (QED) is 0.594. The third-order valence-electron chi connectivity index (χ3n) is 2.91. The van der Waals surface area contributed by atoms with Crippen LogP contribution in [0.15, 0.2) is 0 Å². The van der Waals surface area contributed by atoms with Crippen molar-refractivity contribution in [3.8, 4) is 11.8 Å². The van der Waals surface area contributed by atoms with Gasteiger partial charge < -0.3 is 0 Å². The number of hydrogen-bond acceptors (Lipinski definition) is 1. The second kappa shape index (κ2) is 5.07. The van der Waals surface area contributed by atoms with Crippen LogP contribution in [0.1, 0.15) is 46.0 Å². The maximum atomic E-state index is 11.6. The van der Waals surface area contributed by atoms with E-state index in [0.29, 0.717) is 18.1 Å². The predicted molar refractivity (Wildman–Crippen MR) is 54.2 cm³/mol. The summed E-state index contributed by atoms with van der Waals surface area (Å²) in [5, 5.41) is 0. The highest BCUT2D eigenvalue weighted by Gasteiger charge is 2.23. The Labute approximate surface area is 80.9 Å². The van der Waals surface area contributed by atoms with Gasteiger partial charge in [-0.3, -0.25) is 4.79 Å². The van der Waals surface area contributed by atoms with E-state index in [9.17, 15) is 4.79 Å². The van der Waals surface area contributed by atoms with Gasteiger partial charge >= 0.3 is 0 Å². The van der Waals surface area contributed by atoms with E-state index in [4.69, 9.17) is 0 Å². The Hall–Kier alpha value is -0.770. The topological polar surface area (TPSA) is 17.1 Å². The summed E-state index contributed by atoms with van der Waals surface area (Å²) in [5.74, 6) is 7.13. The van der Waals surface area contributed by atoms with Crippen LogP contribution in [0, 0.1) is 23.7 Å². The minimum Gasteiger partial charge on any atom is -0.298 e. The first kappa shape index (κ1) is 10.3. The SMILES string of the molecule is CC#CCC(=O)C1CCC(C)CC1. The van der Waals surface area contributed by atoms with Gasteiger partial charge in [0.1, 0.15) is 5.78 Å². The summed E-state index contributed by atoms with van der Waals surface area (Å²) in [6.07, 6.45) is 5.08. The molecule has 1 nitrogen and oxygen atoms in total. The van der Waals surface area contributed by atoms with Crippen molar-refractivity contribution in [3.63, 3.8) is 0 Å². The summed E-state index contributed by atoms with van der Waals surface area (Å²) in [5.41, 5.74) is 0. The molecule has 0 amide bonds. The lowest BCUT2D eigenvalue weighted by molar-refractivity contribution is -0.123. The summed E-state index contributed by atoms with van der Waals surface area (Å²) < 4.78 is 0. The molecule has 0 aromatic rings. The van der Waals surface area contributed by atoms with Crippen molar-refractivity contribution in [2.45, 2.75) is 46.0 Å². The lowest BCUT2D eigenvalue weighted by Crippen LogP contribution is -2.20. The number of Topliss-reactive ketones (excluding diaryl/α,β-unsaturated/α-hetero) is 1. The Morgan fingerprint density at radius 2 is 1.92 bits per heavy atom. The lowest BCUT2D eigenvalue weighted by atomic mass is 9.80. The van der Waals surface area contributed by atoms with Crippen LogP contribution in [0.4, 0.5) is 0 Å². The van der Waals surface area contributed by atoms with E-state index in [1.165, 1.54) is 12.8 Å². The molecule has 0 aliphatic heterocycles. The molecule has 0 spiro atoms. The van der Waals surface area contributed by atoms with Gasteiger partial charge in [-0.2, -0.15) is 0 Å². The van der Waals surface area contributed by atoms with E-state index in [1.54, 1.807) is 6.92 Å². The van der Waals surface area contributed by atoms with Crippen LogP contribution < -0.4 is 0 Å². The number of carbonyl (C=O) groups excluding carboxylic acids is 1. The van der Waals surface area contributed by atoms with Crippen molar-refractivity contribution >= 4 is 5.78 Å². The highest BCUT2D eigenvalue weighted by atomic mass is 16.1. The van der Waals surface area contributed by atoms with Crippen molar-refractivity contribution in [2.75, 3.05) is 0 Å². The lowest BCUT2D eigenvalue weighted by Gasteiger charge is -2.24. The highest BCUT2D eigenvalue weighted by molar-refractivity contribution is 5.83.